The van der Waals surface area contributed by atoms with Crippen LogP contribution in [0.5, 0.6) is 0 Å². The van der Waals surface area contributed by atoms with Crippen molar-refractivity contribution >= 4 is 17.3 Å². The van der Waals surface area contributed by atoms with Gasteiger partial charge in [0.25, 0.3) is 0 Å². The maximum atomic E-state index is 13.2. The molecule has 0 saturated heterocycles. The zero-order valence-corrected chi connectivity index (χ0v) is 16.5. The van der Waals surface area contributed by atoms with E-state index in [1.165, 1.54) is 6.20 Å². The molecule has 0 radical (unpaired) electrons. The van der Waals surface area contributed by atoms with Crippen LogP contribution >= 0.6 is 0 Å². The number of carbonyl (C=O) groups excluding carboxylic acids is 1. The molecule has 3 aliphatic rings. The van der Waals surface area contributed by atoms with Crippen molar-refractivity contribution in [2.45, 2.75) is 26.2 Å². The summed E-state index contributed by atoms with van der Waals surface area (Å²) < 4.78 is 13.1. The molecule has 3 N–H and O–H groups in total. The van der Waals surface area contributed by atoms with Gasteiger partial charge in [-0.3, -0.25) is 9.79 Å². The third kappa shape index (κ3) is 3.20. The number of benzene rings is 1. The van der Waals surface area contributed by atoms with E-state index in [1.807, 2.05) is 31.2 Å². The van der Waals surface area contributed by atoms with E-state index in [0.717, 1.165) is 48.5 Å². The number of nitrogens with two attached hydrogens (primary N) is 1. The molecule has 1 heterocycles. The van der Waals surface area contributed by atoms with Crippen molar-refractivity contribution in [3.63, 3.8) is 0 Å². The Morgan fingerprint density at radius 1 is 1.38 bits per heavy atom. The summed E-state index contributed by atoms with van der Waals surface area (Å²) in [6.07, 6.45) is 8.54. The third-order valence-corrected chi connectivity index (χ3v) is 6.31. The number of halogens is 1. The van der Waals surface area contributed by atoms with Crippen LogP contribution in [0.15, 0.2) is 47.9 Å². The molecule has 3 aliphatic carbocycles. The fourth-order valence-corrected chi connectivity index (χ4v) is 5.00. The Balaban J connectivity index is 1.58. The third-order valence-electron chi connectivity index (χ3n) is 6.31. The average Bonchev–Trinajstić information content (AvgIpc) is 3.29. The summed E-state index contributed by atoms with van der Waals surface area (Å²) in [6, 6.07) is 5.60. The molecule has 5 rings (SSSR count). The molecule has 3 saturated carbocycles. The van der Waals surface area contributed by atoms with Crippen molar-refractivity contribution in [1.82, 2.24) is 9.97 Å². The predicted molar refractivity (Wildman–Crippen MR) is 111 cm³/mol. The van der Waals surface area contributed by atoms with Crippen LogP contribution in [-0.4, -0.2) is 28.6 Å². The zero-order chi connectivity index (χ0) is 20.6. The highest BCUT2D eigenvalue weighted by Gasteiger charge is 2.63. The number of hydrogen-bond donors (Lipinski definition) is 2. The smallest absolute Gasteiger partial charge is 0.228 e. The van der Waals surface area contributed by atoms with E-state index in [2.05, 4.69) is 20.3 Å². The second kappa shape index (κ2) is 7.39. The second-order valence-electron chi connectivity index (χ2n) is 7.85. The van der Waals surface area contributed by atoms with E-state index in [-0.39, 0.29) is 17.2 Å². The normalized spacial score (nSPS) is 25.8. The van der Waals surface area contributed by atoms with E-state index in [9.17, 15) is 9.18 Å². The molecule has 1 aromatic carbocycles. The number of allylic oxidation sites excluding steroid dienone is 1. The molecule has 3 fully saturated rings. The highest BCUT2D eigenvalue weighted by atomic mass is 19.1. The van der Waals surface area contributed by atoms with Gasteiger partial charge < -0.3 is 11.1 Å². The lowest BCUT2D eigenvalue weighted by Crippen LogP contribution is -2.51. The van der Waals surface area contributed by atoms with Crippen LogP contribution in [0.25, 0.3) is 11.4 Å². The van der Waals surface area contributed by atoms with E-state index in [0.29, 0.717) is 17.4 Å². The van der Waals surface area contributed by atoms with Gasteiger partial charge in [-0.05, 0) is 62.1 Å². The number of amides is 1. The molecular formula is C22H24FN5O. The number of nitrogens with zero attached hydrogens (tertiary/aromatic N) is 3. The minimum absolute atomic E-state index is 0.000138. The molecule has 0 spiro atoms. The molecule has 2 aromatic rings. The van der Waals surface area contributed by atoms with Gasteiger partial charge in [0.15, 0.2) is 11.6 Å². The summed E-state index contributed by atoms with van der Waals surface area (Å²) in [6.45, 7) is 1.93. The number of nitrogens with one attached hydrogen (secondary N) is 1. The van der Waals surface area contributed by atoms with Gasteiger partial charge in [-0.25, -0.2) is 14.4 Å². The topological polar surface area (TPSA) is 93.3 Å². The van der Waals surface area contributed by atoms with Gasteiger partial charge in [-0.1, -0.05) is 6.07 Å². The Morgan fingerprint density at radius 3 is 2.79 bits per heavy atom. The first-order chi connectivity index (χ1) is 14.0. The number of hydrogen-bond acceptors (Lipinski definition) is 5. The van der Waals surface area contributed by atoms with Crippen LogP contribution < -0.4 is 11.1 Å². The molecule has 1 aromatic heterocycles. The van der Waals surface area contributed by atoms with Crippen LogP contribution in [0, 0.1) is 30.0 Å². The summed E-state index contributed by atoms with van der Waals surface area (Å²) in [7, 11) is 1.75. The quantitative estimate of drug-likeness (QED) is 0.761. The number of anilines is 1. The molecule has 29 heavy (non-hydrogen) atoms. The molecule has 3 atom stereocenters. The molecular weight excluding hydrogens is 369 g/mol. The molecule has 0 aliphatic heterocycles. The molecule has 1 amide bonds. The maximum Gasteiger partial charge on any atom is 0.228 e. The fourth-order valence-electron chi connectivity index (χ4n) is 5.00. The van der Waals surface area contributed by atoms with Crippen molar-refractivity contribution in [2.24, 2.45) is 28.0 Å². The Hall–Kier alpha value is -3.09. The highest BCUT2D eigenvalue weighted by molar-refractivity contribution is 6.07. The molecule has 6 nitrogen and oxygen atoms in total. The van der Waals surface area contributed by atoms with Gasteiger partial charge in [0.05, 0.1) is 18.3 Å². The molecule has 150 valence electrons. The minimum atomic E-state index is -0.485. The van der Waals surface area contributed by atoms with Crippen LogP contribution in [-0.2, 0) is 4.79 Å². The number of aliphatic imine (C=N–C) groups is 1. The number of carbonyl (C=O) groups is 1. The van der Waals surface area contributed by atoms with E-state index < -0.39 is 5.82 Å². The number of fused-ring (bicyclic) bond motifs is 1. The minimum Gasteiger partial charge on any atom is -0.405 e. The number of rotatable bonds is 5. The van der Waals surface area contributed by atoms with Gasteiger partial charge in [0.2, 0.25) is 5.91 Å². The number of aromatic nitrogens is 2. The predicted octanol–water partition coefficient (Wildman–Crippen LogP) is 3.49. The van der Waals surface area contributed by atoms with Crippen LogP contribution in [0.4, 0.5) is 10.1 Å². The van der Waals surface area contributed by atoms with Gasteiger partial charge in [-0.15, -0.1) is 0 Å². The van der Waals surface area contributed by atoms with Crippen LogP contribution in [0.3, 0.4) is 0 Å². The lowest BCUT2D eigenvalue weighted by Gasteiger charge is -2.46. The van der Waals surface area contributed by atoms with Crippen molar-refractivity contribution in [1.29, 1.82) is 0 Å². The highest BCUT2D eigenvalue weighted by Crippen LogP contribution is 2.64. The fraction of sp³-hybridized carbons (Fsp3) is 0.364. The van der Waals surface area contributed by atoms with Crippen LogP contribution in [0.2, 0.25) is 0 Å². The Labute approximate surface area is 169 Å². The van der Waals surface area contributed by atoms with E-state index in [1.54, 1.807) is 7.05 Å². The second-order valence-corrected chi connectivity index (χ2v) is 7.85. The summed E-state index contributed by atoms with van der Waals surface area (Å²) in [5, 5.41) is 3.06. The first-order valence-electron chi connectivity index (χ1n) is 9.73. The largest absolute Gasteiger partial charge is 0.405 e. The maximum absolute atomic E-state index is 13.2. The molecule has 3 unspecified atom stereocenters. The van der Waals surface area contributed by atoms with Crippen molar-refractivity contribution in [2.75, 3.05) is 12.4 Å². The number of aryl methyl sites for hydroxylation is 1. The average molecular weight is 393 g/mol. The van der Waals surface area contributed by atoms with E-state index in [4.69, 9.17) is 5.73 Å². The first kappa shape index (κ1) is 19.2. The molecule has 7 heteroatoms. The first-order valence-corrected chi connectivity index (χ1v) is 9.73. The van der Waals surface area contributed by atoms with Crippen molar-refractivity contribution in [3.8, 4) is 11.4 Å². The lowest BCUT2D eigenvalue weighted by molar-refractivity contribution is -0.127. The van der Waals surface area contributed by atoms with Crippen LogP contribution in [0.1, 0.15) is 24.8 Å². The Bertz CT molecular complexity index is 997. The lowest BCUT2D eigenvalue weighted by atomic mass is 9.57. The zero-order valence-electron chi connectivity index (χ0n) is 16.5. The van der Waals surface area contributed by atoms with Gasteiger partial charge in [-0.2, -0.15) is 0 Å². The summed E-state index contributed by atoms with van der Waals surface area (Å²) in [5.41, 5.74) is 8.66. The monoisotopic (exact) mass is 393 g/mol. The summed E-state index contributed by atoms with van der Waals surface area (Å²) in [4.78, 5) is 25.7. The summed E-state index contributed by atoms with van der Waals surface area (Å²) >= 11 is 0. The van der Waals surface area contributed by atoms with Crippen molar-refractivity contribution in [3.05, 3.63) is 54.2 Å². The SMILES string of the molecule is CN=C(/C=C\N)C12CCC(C1)C2C(=O)Nc1ccc(C)c(-c2ncc(F)cn2)c1. The summed E-state index contributed by atoms with van der Waals surface area (Å²) in [5.74, 6) is 0.211. The standard InChI is InChI=1S/C22H24FN5O/c1-13-3-4-16(9-17(13)20-26-11-15(23)12-27-20)28-21(29)19-14-5-7-22(19,10-14)18(25-2)6-8-24/h3-4,6,8-9,11-12,14,19H,5,7,10,24H2,1-2H3,(H,28,29)/b8-6-,25-18?. The Kier molecular flexibility index (Phi) is 4.90. The van der Waals surface area contributed by atoms with Gasteiger partial charge >= 0.3 is 0 Å². The Morgan fingerprint density at radius 2 is 2.14 bits per heavy atom. The van der Waals surface area contributed by atoms with E-state index >= 15 is 0 Å². The molecule has 2 bridgehead atoms. The van der Waals surface area contributed by atoms with Gasteiger partial charge in [0, 0.05) is 29.4 Å². The van der Waals surface area contributed by atoms with Gasteiger partial charge in [0.1, 0.15) is 0 Å². The van der Waals surface area contributed by atoms with Crippen molar-refractivity contribution < 1.29 is 9.18 Å².